The van der Waals surface area contributed by atoms with Crippen molar-refractivity contribution in [2.75, 3.05) is 19.5 Å². The average Bonchev–Trinajstić information content (AvgIpc) is 2.73. The number of nitrogens with one attached hydrogen (secondary N) is 1. The Morgan fingerprint density at radius 2 is 1.73 bits per heavy atom. The van der Waals surface area contributed by atoms with Gasteiger partial charge in [0.1, 0.15) is 18.0 Å². The molecule has 1 N–H and O–H groups in total. The highest BCUT2D eigenvalue weighted by atomic mass is 35.5. The summed E-state index contributed by atoms with van der Waals surface area (Å²) in [5, 5.41) is 7.52. The number of aryl methyl sites for hydroxylation is 1. The summed E-state index contributed by atoms with van der Waals surface area (Å²) in [5.41, 5.74) is 2.11. The number of hydrogen-bond donors (Lipinski definition) is 1. The minimum atomic E-state index is -0.363. The van der Waals surface area contributed by atoms with Crippen LogP contribution in [0.4, 0.5) is 5.69 Å². The number of carbonyl (C=O) groups is 1. The van der Waals surface area contributed by atoms with Crippen LogP contribution in [0.25, 0.3) is 0 Å². The molecular formula is C22H22ClN3O4. The van der Waals surface area contributed by atoms with Crippen LogP contribution < -0.4 is 20.3 Å². The summed E-state index contributed by atoms with van der Waals surface area (Å²) in [7, 11) is 3.13. The van der Waals surface area contributed by atoms with E-state index in [4.69, 9.17) is 21.1 Å². The molecule has 8 heteroatoms. The van der Waals surface area contributed by atoms with Crippen molar-refractivity contribution in [1.29, 1.82) is 0 Å². The lowest BCUT2D eigenvalue weighted by Crippen LogP contribution is -2.32. The Kier molecular flexibility index (Phi) is 6.74. The van der Waals surface area contributed by atoms with Gasteiger partial charge in [0.25, 0.3) is 5.56 Å². The SMILES string of the molecule is COc1cccc(OC)c1Cc1cc(C)nn(CC(=O)Nc2ccc(Cl)cc2)c1=O. The molecule has 2 aromatic carbocycles. The van der Waals surface area contributed by atoms with E-state index in [0.29, 0.717) is 33.5 Å². The largest absolute Gasteiger partial charge is 0.496 e. The van der Waals surface area contributed by atoms with E-state index >= 15 is 0 Å². The van der Waals surface area contributed by atoms with Crippen molar-refractivity contribution >= 4 is 23.2 Å². The third-order valence-corrected chi connectivity index (χ3v) is 4.74. The van der Waals surface area contributed by atoms with Crippen LogP contribution in [0.2, 0.25) is 5.02 Å². The number of aromatic nitrogens is 2. The Hall–Kier alpha value is -3.32. The van der Waals surface area contributed by atoms with E-state index in [1.54, 1.807) is 51.5 Å². The summed E-state index contributed by atoms with van der Waals surface area (Å²) in [6.07, 6.45) is 0.286. The molecule has 0 aliphatic carbocycles. The lowest BCUT2D eigenvalue weighted by Gasteiger charge is -2.14. The smallest absolute Gasteiger partial charge is 0.270 e. The number of anilines is 1. The maximum absolute atomic E-state index is 13.0. The summed E-state index contributed by atoms with van der Waals surface area (Å²) in [4.78, 5) is 25.4. The molecule has 0 fully saturated rings. The van der Waals surface area contributed by atoms with Crippen molar-refractivity contribution in [3.63, 3.8) is 0 Å². The molecule has 156 valence electrons. The maximum Gasteiger partial charge on any atom is 0.270 e. The first-order chi connectivity index (χ1) is 14.4. The molecule has 0 atom stereocenters. The Balaban J connectivity index is 1.86. The highest BCUT2D eigenvalue weighted by molar-refractivity contribution is 6.30. The van der Waals surface area contributed by atoms with Gasteiger partial charge < -0.3 is 14.8 Å². The van der Waals surface area contributed by atoms with Crippen LogP contribution in [0.5, 0.6) is 11.5 Å². The molecule has 0 saturated heterocycles. The molecule has 1 amide bonds. The molecule has 0 aliphatic rings. The number of halogens is 1. The molecule has 1 heterocycles. The molecule has 0 unspecified atom stereocenters. The lowest BCUT2D eigenvalue weighted by atomic mass is 10.0. The first kappa shape index (κ1) is 21.4. The summed E-state index contributed by atoms with van der Waals surface area (Å²) in [6.45, 7) is 1.56. The van der Waals surface area contributed by atoms with Crippen molar-refractivity contribution in [2.24, 2.45) is 0 Å². The maximum atomic E-state index is 13.0. The zero-order valence-corrected chi connectivity index (χ0v) is 17.7. The van der Waals surface area contributed by atoms with Gasteiger partial charge in [0.2, 0.25) is 5.91 Å². The van der Waals surface area contributed by atoms with Gasteiger partial charge >= 0.3 is 0 Å². The number of nitrogens with zero attached hydrogens (tertiary/aromatic N) is 2. The summed E-state index contributed by atoms with van der Waals surface area (Å²) in [6, 6.07) is 13.9. The molecule has 0 spiro atoms. The predicted molar refractivity (Wildman–Crippen MR) is 116 cm³/mol. The standard InChI is InChI=1S/C22H22ClN3O4/c1-14-11-15(12-18-19(29-2)5-4-6-20(18)30-3)22(28)26(25-14)13-21(27)24-17-9-7-16(23)8-10-17/h4-11H,12-13H2,1-3H3,(H,24,27). The second-order valence-corrected chi connectivity index (χ2v) is 7.08. The Morgan fingerprint density at radius 3 is 2.33 bits per heavy atom. The number of hydrogen-bond acceptors (Lipinski definition) is 5. The number of rotatable bonds is 7. The molecule has 0 saturated carbocycles. The normalized spacial score (nSPS) is 10.5. The first-order valence-corrected chi connectivity index (χ1v) is 9.62. The number of amides is 1. The fraction of sp³-hybridized carbons (Fsp3) is 0.227. The number of carbonyl (C=O) groups excluding carboxylic acids is 1. The molecular weight excluding hydrogens is 406 g/mol. The second kappa shape index (κ2) is 9.45. The predicted octanol–water partition coefficient (Wildman–Crippen LogP) is 3.45. The third-order valence-electron chi connectivity index (χ3n) is 4.49. The van der Waals surface area contributed by atoms with Gasteiger partial charge in [-0.3, -0.25) is 9.59 Å². The van der Waals surface area contributed by atoms with Crippen LogP contribution in [0.1, 0.15) is 16.8 Å². The van der Waals surface area contributed by atoms with Crippen LogP contribution in [0.15, 0.2) is 53.3 Å². The Labute approximate surface area is 179 Å². The molecule has 0 aliphatic heterocycles. The topological polar surface area (TPSA) is 82.4 Å². The van der Waals surface area contributed by atoms with Crippen molar-refractivity contribution in [3.05, 3.63) is 80.7 Å². The average molecular weight is 428 g/mol. The van der Waals surface area contributed by atoms with Gasteiger partial charge in [0, 0.05) is 28.3 Å². The van der Waals surface area contributed by atoms with Gasteiger partial charge in [-0.25, -0.2) is 4.68 Å². The minimum Gasteiger partial charge on any atom is -0.496 e. The molecule has 0 bridgehead atoms. The molecule has 30 heavy (non-hydrogen) atoms. The quantitative estimate of drug-likeness (QED) is 0.624. The highest BCUT2D eigenvalue weighted by Gasteiger charge is 2.16. The van der Waals surface area contributed by atoms with E-state index in [2.05, 4.69) is 10.4 Å². The lowest BCUT2D eigenvalue weighted by molar-refractivity contribution is -0.117. The van der Waals surface area contributed by atoms with Gasteiger partial charge in [-0.15, -0.1) is 0 Å². The van der Waals surface area contributed by atoms with E-state index in [-0.39, 0.29) is 24.4 Å². The molecule has 0 radical (unpaired) electrons. The number of ether oxygens (including phenoxy) is 2. The Bertz CT molecular complexity index is 1090. The van der Waals surface area contributed by atoms with Gasteiger partial charge in [0.05, 0.1) is 19.9 Å². The zero-order valence-electron chi connectivity index (χ0n) is 16.9. The van der Waals surface area contributed by atoms with E-state index < -0.39 is 0 Å². The van der Waals surface area contributed by atoms with Gasteiger partial charge in [0.15, 0.2) is 0 Å². The van der Waals surface area contributed by atoms with E-state index in [1.165, 1.54) is 0 Å². The zero-order chi connectivity index (χ0) is 21.7. The molecule has 3 rings (SSSR count). The summed E-state index contributed by atoms with van der Waals surface area (Å²) < 4.78 is 12.0. The molecule has 7 nitrogen and oxygen atoms in total. The van der Waals surface area contributed by atoms with Crippen LogP contribution in [-0.2, 0) is 17.8 Å². The summed E-state index contributed by atoms with van der Waals surface area (Å²) in [5.74, 6) is 0.879. The fourth-order valence-electron chi connectivity index (χ4n) is 3.14. The van der Waals surface area contributed by atoms with E-state index in [9.17, 15) is 9.59 Å². The van der Waals surface area contributed by atoms with Crippen molar-refractivity contribution in [3.8, 4) is 11.5 Å². The molecule has 1 aromatic heterocycles. The Morgan fingerprint density at radius 1 is 1.10 bits per heavy atom. The summed E-state index contributed by atoms with van der Waals surface area (Å²) >= 11 is 5.86. The molecule has 3 aromatic rings. The van der Waals surface area contributed by atoms with E-state index in [0.717, 1.165) is 10.2 Å². The second-order valence-electron chi connectivity index (χ2n) is 6.65. The van der Waals surface area contributed by atoms with Gasteiger partial charge in [-0.2, -0.15) is 5.10 Å². The van der Waals surface area contributed by atoms with Crippen molar-refractivity contribution in [2.45, 2.75) is 19.9 Å². The minimum absolute atomic E-state index is 0.209. The fourth-order valence-corrected chi connectivity index (χ4v) is 3.27. The number of benzene rings is 2. The van der Waals surface area contributed by atoms with Crippen LogP contribution in [0.3, 0.4) is 0 Å². The third kappa shape index (κ3) is 4.99. The van der Waals surface area contributed by atoms with Crippen molar-refractivity contribution in [1.82, 2.24) is 9.78 Å². The highest BCUT2D eigenvalue weighted by Crippen LogP contribution is 2.30. The number of methoxy groups -OCH3 is 2. The van der Waals surface area contributed by atoms with Crippen molar-refractivity contribution < 1.29 is 14.3 Å². The first-order valence-electron chi connectivity index (χ1n) is 9.24. The van der Waals surface area contributed by atoms with Crippen LogP contribution in [0, 0.1) is 6.92 Å². The monoisotopic (exact) mass is 427 g/mol. The van der Waals surface area contributed by atoms with Crippen LogP contribution in [-0.4, -0.2) is 29.9 Å². The van der Waals surface area contributed by atoms with Gasteiger partial charge in [-0.1, -0.05) is 17.7 Å². The van der Waals surface area contributed by atoms with Gasteiger partial charge in [-0.05, 0) is 49.4 Å². The van der Waals surface area contributed by atoms with E-state index in [1.807, 2.05) is 18.2 Å². The van der Waals surface area contributed by atoms with Crippen LogP contribution >= 0.6 is 11.6 Å².